The quantitative estimate of drug-likeness (QED) is 0.728. The largest absolute Gasteiger partial charge is 0.486 e. The molecule has 1 aliphatic heterocycles. The van der Waals surface area contributed by atoms with Crippen molar-refractivity contribution >= 4 is 23.4 Å². The van der Waals surface area contributed by atoms with Crippen molar-refractivity contribution in [3.63, 3.8) is 0 Å². The first-order chi connectivity index (χ1) is 14.2. The Morgan fingerprint density at radius 1 is 1.03 bits per heavy atom. The van der Waals surface area contributed by atoms with Gasteiger partial charge in [0.05, 0.1) is 16.1 Å². The number of hydrogen-bond acceptors (Lipinski definition) is 4. The van der Waals surface area contributed by atoms with Crippen molar-refractivity contribution in [1.82, 2.24) is 10.6 Å². The van der Waals surface area contributed by atoms with E-state index in [0.29, 0.717) is 35.3 Å². The Morgan fingerprint density at radius 3 is 2.37 bits per heavy atom. The molecule has 3 rings (SSSR count). The molecule has 0 aromatic heterocycles. The summed E-state index contributed by atoms with van der Waals surface area (Å²) in [5.41, 5.74) is 0.526. The van der Waals surface area contributed by atoms with Gasteiger partial charge in [0, 0.05) is 0 Å². The highest BCUT2D eigenvalue weighted by molar-refractivity contribution is 6.33. The van der Waals surface area contributed by atoms with Gasteiger partial charge in [0.1, 0.15) is 19.3 Å². The second-order valence-corrected chi connectivity index (χ2v) is 8.55. The van der Waals surface area contributed by atoms with Crippen molar-refractivity contribution in [2.75, 3.05) is 13.2 Å². The van der Waals surface area contributed by atoms with E-state index in [4.69, 9.17) is 21.1 Å². The maximum Gasteiger partial charge on any atom is 0.253 e. The van der Waals surface area contributed by atoms with Crippen LogP contribution in [0.3, 0.4) is 0 Å². The Balaban J connectivity index is 1.75. The van der Waals surface area contributed by atoms with Crippen LogP contribution in [0.2, 0.25) is 5.02 Å². The van der Waals surface area contributed by atoms with Crippen LogP contribution < -0.4 is 20.1 Å². The summed E-state index contributed by atoms with van der Waals surface area (Å²) in [5.74, 6) is 0.581. The molecule has 2 aromatic carbocycles. The monoisotopic (exact) mass is 430 g/mol. The Morgan fingerprint density at radius 2 is 1.70 bits per heavy atom. The summed E-state index contributed by atoms with van der Waals surface area (Å²) in [7, 11) is 0. The number of benzene rings is 2. The van der Waals surface area contributed by atoms with Gasteiger partial charge in [-0.25, -0.2) is 0 Å². The minimum atomic E-state index is -0.717. The third-order valence-corrected chi connectivity index (χ3v) is 5.38. The van der Waals surface area contributed by atoms with E-state index in [1.165, 1.54) is 0 Å². The highest BCUT2D eigenvalue weighted by Crippen LogP contribution is 2.34. The molecule has 6 nitrogen and oxygen atoms in total. The van der Waals surface area contributed by atoms with Gasteiger partial charge >= 0.3 is 0 Å². The van der Waals surface area contributed by atoms with Crippen LogP contribution in [0.4, 0.5) is 0 Å². The second kappa shape index (κ2) is 8.96. The van der Waals surface area contributed by atoms with E-state index in [2.05, 4.69) is 10.6 Å². The van der Waals surface area contributed by atoms with E-state index in [9.17, 15) is 9.59 Å². The Labute approximate surface area is 181 Å². The molecule has 1 heterocycles. The van der Waals surface area contributed by atoms with Gasteiger partial charge in [0.2, 0.25) is 5.91 Å². The number of ether oxygens (including phenoxy) is 2. The Kier molecular flexibility index (Phi) is 6.56. The van der Waals surface area contributed by atoms with Crippen LogP contribution in [0.15, 0.2) is 42.5 Å². The molecule has 2 aromatic rings. The van der Waals surface area contributed by atoms with Gasteiger partial charge in [-0.2, -0.15) is 0 Å². The van der Waals surface area contributed by atoms with E-state index in [-0.39, 0.29) is 17.7 Å². The average Bonchev–Trinajstić information content (AvgIpc) is 2.71. The maximum absolute atomic E-state index is 13.1. The predicted octanol–water partition coefficient (Wildman–Crippen LogP) is 3.92. The molecule has 0 saturated carbocycles. The first-order valence-corrected chi connectivity index (χ1v) is 10.3. The summed E-state index contributed by atoms with van der Waals surface area (Å²) in [5, 5.41) is 6.21. The lowest BCUT2D eigenvalue weighted by Gasteiger charge is -2.32. The second-order valence-electron chi connectivity index (χ2n) is 8.15. The van der Waals surface area contributed by atoms with E-state index in [1.807, 2.05) is 45.9 Å². The minimum Gasteiger partial charge on any atom is -0.486 e. The molecule has 1 unspecified atom stereocenters. The molecular weight excluding hydrogens is 404 g/mol. The fourth-order valence-electron chi connectivity index (χ4n) is 3.29. The van der Waals surface area contributed by atoms with Crippen LogP contribution in [0.1, 0.15) is 43.6 Å². The topological polar surface area (TPSA) is 76.7 Å². The number of hydrogen-bond donors (Lipinski definition) is 2. The van der Waals surface area contributed by atoms with Crippen molar-refractivity contribution in [2.45, 2.75) is 39.3 Å². The minimum absolute atomic E-state index is 0.118. The zero-order valence-electron chi connectivity index (χ0n) is 17.6. The van der Waals surface area contributed by atoms with Gasteiger partial charge in [0.25, 0.3) is 5.91 Å². The number of amides is 2. The average molecular weight is 431 g/mol. The number of halogens is 1. The van der Waals surface area contributed by atoms with E-state index < -0.39 is 11.6 Å². The predicted molar refractivity (Wildman–Crippen MR) is 116 cm³/mol. The lowest BCUT2D eigenvalue weighted by atomic mass is 9.92. The highest BCUT2D eigenvalue weighted by atomic mass is 35.5. The van der Waals surface area contributed by atoms with Gasteiger partial charge in [-0.1, -0.05) is 43.6 Å². The van der Waals surface area contributed by atoms with Crippen LogP contribution in [0, 0.1) is 5.92 Å². The van der Waals surface area contributed by atoms with Gasteiger partial charge in [0.15, 0.2) is 11.5 Å². The molecule has 2 amide bonds. The van der Waals surface area contributed by atoms with E-state index in [1.54, 1.807) is 24.3 Å². The molecule has 0 fully saturated rings. The number of rotatable bonds is 6. The maximum atomic E-state index is 13.1. The lowest BCUT2D eigenvalue weighted by Crippen LogP contribution is -2.54. The third kappa shape index (κ3) is 4.87. The zero-order chi connectivity index (χ0) is 21.9. The summed E-state index contributed by atoms with van der Waals surface area (Å²) in [4.78, 5) is 25.8. The molecule has 30 heavy (non-hydrogen) atoms. The van der Waals surface area contributed by atoms with Gasteiger partial charge < -0.3 is 20.1 Å². The smallest absolute Gasteiger partial charge is 0.253 e. The molecule has 0 spiro atoms. The lowest BCUT2D eigenvalue weighted by molar-refractivity contribution is -0.125. The number of nitrogens with one attached hydrogen (secondary N) is 2. The molecule has 0 bridgehead atoms. The van der Waals surface area contributed by atoms with Gasteiger partial charge in [-0.05, 0) is 49.6 Å². The van der Waals surface area contributed by atoms with E-state index in [0.717, 1.165) is 5.56 Å². The fraction of sp³-hybridized carbons (Fsp3) is 0.391. The molecule has 7 heteroatoms. The summed E-state index contributed by atoms with van der Waals surface area (Å²) < 4.78 is 11.2. The standard InChI is InChI=1S/C23H27ClN2O4/c1-14(2)20(25-21(27)16-7-5-6-8-17(16)24)22(28)26-23(3,4)15-9-10-18-19(13-15)30-12-11-29-18/h5-10,13-14,20H,11-12H2,1-4H3,(H,25,27)(H,26,28). The molecule has 0 aliphatic carbocycles. The van der Waals surface area contributed by atoms with Gasteiger partial charge in [-0.15, -0.1) is 0 Å². The number of carbonyl (C=O) groups excluding carboxylic acids is 2. The normalized spacial score (nSPS) is 14.2. The number of carbonyl (C=O) groups is 2. The van der Waals surface area contributed by atoms with Crippen molar-refractivity contribution in [2.24, 2.45) is 5.92 Å². The fourth-order valence-corrected chi connectivity index (χ4v) is 3.51. The summed E-state index contributed by atoms with van der Waals surface area (Å²) >= 11 is 6.12. The van der Waals surface area contributed by atoms with Crippen LogP contribution in [0.25, 0.3) is 0 Å². The van der Waals surface area contributed by atoms with Crippen LogP contribution in [0.5, 0.6) is 11.5 Å². The molecule has 160 valence electrons. The van der Waals surface area contributed by atoms with Crippen molar-refractivity contribution in [3.8, 4) is 11.5 Å². The molecule has 1 aliphatic rings. The zero-order valence-corrected chi connectivity index (χ0v) is 18.4. The summed E-state index contributed by atoms with van der Waals surface area (Å²) in [6.07, 6.45) is 0. The molecule has 2 N–H and O–H groups in total. The Hall–Kier alpha value is -2.73. The summed E-state index contributed by atoms with van der Waals surface area (Å²) in [6.45, 7) is 8.59. The van der Waals surface area contributed by atoms with Crippen LogP contribution >= 0.6 is 11.6 Å². The Bertz CT molecular complexity index is 943. The van der Waals surface area contributed by atoms with Crippen molar-refractivity contribution in [1.29, 1.82) is 0 Å². The summed E-state index contributed by atoms with van der Waals surface area (Å²) in [6, 6.07) is 11.7. The molecule has 1 atom stereocenters. The molecule has 0 radical (unpaired) electrons. The third-order valence-electron chi connectivity index (χ3n) is 5.05. The first kappa shape index (κ1) is 22.0. The highest BCUT2D eigenvalue weighted by Gasteiger charge is 2.31. The van der Waals surface area contributed by atoms with Crippen LogP contribution in [-0.4, -0.2) is 31.1 Å². The number of fused-ring (bicyclic) bond motifs is 1. The van der Waals surface area contributed by atoms with Gasteiger partial charge in [-0.3, -0.25) is 9.59 Å². The van der Waals surface area contributed by atoms with E-state index >= 15 is 0 Å². The van der Waals surface area contributed by atoms with Crippen molar-refractivity contribution in [3.05, 3.63) is 58.6 Å². The van der Waals surface area contributed by atoms with Crippen molar-refractivity contribution < 1.29 is 19.1 Å². The molecule has 0 saturated heterocycles. The molecular formula is C23H27ClN2O4. The SMILES string of the molecule is CC(C)C(NC(=O)c1ccccc1Cl)C(=O)NC(C)(C)c1ccc2c(c1)OCCO2. The first-order valence-electron chi connectivity index (χ1n) is 9.96. The van der Waals surface area contributed by atoms with Crippen LogP contribution in [-0.2, 0) is 10.3 Å².